The Morgan fingerprint density at radius 3 is 2.50 bits per heavy atom. The normalized spacial score (nSPS) is 14.8. The third-order valence-corrected chi connectivity index (χ3v) is 5.50. The Balaban J connectivity index is 3.15. The van der Waals surface area contributed by atoms with E-state index in [1.165, 1.54) is 12.1 Å². The number of carboxylic acid groups (broad SMARTS) is 1. The molecule has 1 rings (SSSR count). The molecule has 2 unspecified atom stereocenters. The zero-order valence-corrected chi connectivity index (χ0v) is 13.4. The quantitative estimate of drug-likeness (QED) is 0.707. The molecule has 0 heterocycles. The number of hydrogen-bond acceptors (Lipinski definition) is 4. The van der Waals surface area contributed by atoms with E-state index in [2.05, 4.69) is 20.7 Å². The molecule has 0 aliphatic carbocycles. The van der Waals surface area contributed by atoms with Gasteiger partial charge in [0.15, 0.2) is 0 Å². The lowest BCUT2D eigenvalue weighted by Gasteiger charge is -2.19. The van der Waals surface area contributed by atoms with E-state index >= 15 is 0 Å². The number of rotatable bonds is 6. The number of aromatic carboxylic acids is 1. The lowest BCUT2D eigenvalue weighted by Crippen LogP contribution is -2.38. The first-order valence-electron chi connectivity index (χ1n) is 5.85. The standard InChI is InChI=1S/C12H16BrNO5S/c1-7(6-15)8(2)14-20(18,19)11-5-9(12(16)17)3-4-10(11)13/h3-5,7-8,14-15H,6H2,1-2H3,(H,16,17). The molecule has 0 saturated carbocycles. The van der Waals surface area contributed by atoms with Gasteiger partial charge in [0.2, 0.25) is 10.0 Å². The van der Waals surface area contributed by atoms with Gasteiger partial charge < -0.3 is 10.2 Å². The van der Waals surface area contributed by atoms with Gasteiger partial charge in [-0.3, -0.25) is 0 Å². The minimum Gasteiger partial charge on any atom is -0.478 e. The summed E-state index contributed by atoms with van der Waals surface area (Å²) in [7, 11) is -3.87. The van der Waals surface area contributed by atoms with Gasteiger partial charge in [0, 0.05) is 17.1 Å². The Labute approximate surface area is 126 Å². The number of aliphatic hydroxyl groups excluding tert-OH is 1. The van der Waals surface area contributed by atoms with Gasteiger partial charge in [-0.15, -0.1) is 0 Å². The topological polar surface area (TPSA) is 104 Å². The molecule has 3 N–H and O–H groups in total. The van der Waals surface area contributed by atoms with E-state index < -0.39 is 22.0 Å². The monoisotopic (exact) mass is 365 g/mol. The molecule has 6 nitrogen and oxygen atoms in total. The molecule has 0 spiro atoms. The molecular weight excluding hydrogens is 350 g/mol. The summed E-state index contributed by atoms with van der Waals surface area (Å²) in [5.74, 6) is -1.46. The minimum atomic E-state index is -3.87. The van der Waals surface area contributed by atoms with Gasteiger partial charge in [-0.2, -0.15) is 0 Å². The third kappa shape index (κ3) is 4.02. The van der Waals surface area contributed by atoms with E-state index in [0.717, 1.165) is 6.07 Å². The van der Waals surface area contributed by atoms with E-state index in [9.17, 15) is 13.2 Å². The van der Waals surface area contributed by atoms with E-state index in [0.29, 0.717) is 0 Å². The second-order valence-corrected chi connectivity index (χ2v) is 7.06. The van der Waals surface area contributed by atoms with Crippen molar-refractivity contribution >= 4 is 31.9 Å². The van der Waals surface area contributed by atoms with Crippen molar-refractivity contribution in [2.24, 2.45) is 5.92 Å². The summed E-state index contributed by atoms with van der Waals surface area (Å²) < 4.78 is 27.2. The summed E-state index contributed by atoms with van der Waals surface area (Å²) in [4.78, 5) is 10.8. The number of halogens is 1. The first-order valence-corrected chi connectivity index (χ1v) is 8.12. The fraction of sp³-hybridized carbons (Fsp3) is 0.417. The first-order chi connectivity index (χ1) is 9.19. The lowest BCUT2D eigenvalue weighted by molar-refractivity contribution is 0.0696. The van der Waals surface area contributed by atoms with Crippen LogP contribution in [0.3, 0.4) is 0 Å². The smallest absolute Gasteiger partial charge is 0.335 e. The Bertz CT molecular complexity index is 602. The van der Waals surface area contributed by atoms with Crippen molar-refractivity contribution in [1.29, 1.82) is 0 Å². The Kier molecular flexibility index (Phi) is 5.69. The van der Waals surface area contributed by atoms with Crippen LogP contribution in [0.15, 0.2) is 27.6 Å². The molecule has 112 valence electrons. The summed E-state index contributed by atoms with van der Waals surface area (Å²) in [6.45, 7) is 3.18. The molecule has 0 aliphatic rings. The van der Waals surface area contributed by atoms with Crippen LogP contribution in [-0.2, 0) is 10.0 Å². The predicted octanol–water partition coefficient (Wildman–Crippen LogP) is 1.44. The average molecular weight is 366 g/mol. The van der Waals surface area contributed by atoms with Crippen LogP contribution in [-0.4, -0.2) is 37.2 Å². The lowest BCUT2D eigenvalue weighted by atomic mass is 10.1. The highest BCUT2D eigenvalue weighted by molar-refractivity contribution is 9.10. The first kappa shape index (κ1) is 17.1. The van der Waals surface area contributed by atoms with E-state index in [4.69, 9.17) is 10.2 Å². The van der Waals surface area contributed by atoms with Crippen LogP contribution in [0.1, 0.15) is 24.2 Å². The van der Waals surface area contributed by atoms with Crippen molar-refractivity contribution in [3.8, 4) is 0 Å². The van der Waals surface area contributed by atoms with Crippen LogP contribution < -0.4 is 4.72 Å². The fourth-order valence-corrected chi connectivity index (χ4v) is 3.77. The maximum Gasteiger partial charge on any atom is 0.335 e. The summed E-state index contributed by atoms with van der Waals surface area (Å²) >= 11 is 3.10. The van der Waals surface area contributed by atoms with Crippen molar-refractivity contribution in [1.82, 2.24) is 4.72 Å². The molecule has 0 radical (unpaired) electrons. The summed E-state index contributed by atoms with van der Waals surface area (Å²) in [5.41, 5.74) is -0.114. The number of hydrogen-bond donors (Lipinski definition) is 3. The molecular formula is C12H16BrNO5S. The Morgan fingerprint density at radius 1 is 1.40 bits per heavy atom. The molecule has 20 heavy (non-hydrogen) atoms. The van der Waals surface area contributed by atoms with Gasteiger partial charge in [-0.05, 0) is 47.0 Å². The van der Waals surface area contributed by atoms with E-state index in [-0.39, 0.29) is 27.5 Å². The molecule has 8 heteroatoms. The van der Waals surface area contributed by atoms with Gasteiger partial charge in [-0.25, -0.2) is 17.9 Å². The van der Waals surface area contributed by atoms with E-state index in [1.807, 2.05) is 0 Å². The van der Waals surface area contributed by atoms with Gasteiger partial charge in [0.25, 0.3) is 0 Å². The van der Waals surface area contributed by atoms with Gasteiger partial charge >= 0.3 is 5.97 Å². The highest BCUT2D eigenvalue weighted by atomic mass is 79.9. The summed E-state index contributed by atoms with van der Waals surface area (Å²) in [5, 5.41) is 17.9. The largest absolute Gasteiger partial charge is 0.478 e. The maximum absolute atomic E-state index is 12.2. The second-order valence-electron chi connectivity index (χ2n) is 4.52. The Hall–Kier alpha value is -0.960. The molecule has 0 aliphatic heterocycles. The zero-order chi connectivity index (χ0) is 15.5. The molecule has 1 aromatic carbocycles. The zero-order valence-electron chi connectivity index (χ0n) is 11.0. The van der Waals surface area contributed by atoms with Crippen LogP contribution >= 0.6 is 15.9 Å². The molecule has 2 atom stereocenters. The van der Waals surface area contributed by atoms with Crippen LogP contribution in [0.25, 0.3) is 0 Å². The highest BCUT2D eigenvalue weighted by Gasteiger charge is 2.24. The minimum absolute atomic E-state index is 0.114. The summed E-state index contributed by atoms with van der Waals surface area (Å²) in [6.07, 6.45) is 0. The van der Waals surface area contributed by atoms with Crippen molar-refractivity contribution in [2.75, 3.05) is 6.61 Å². The molecule has 0 fully saturated rings. The number of carboxylic acids is 1. The van der Waals surface area contributed by atoms with Crippen molar-refractivity contribution in [3.05, 3.63) is 28.2 Å². The molecule has 0 amide bonds. The van der Waals surface area contributed by atoms with Crippen LogP contribution in [0.4, 0.5) is 0 Å². The van der Waals surface area contributed by atoms with E-state index in [1.54, 1.807) is 13.8 Å². The number of sulfonamides is 1. The number of aliphatic hydroxyl groups is 1. The van der Waals surface area contributed by atoms with Crippen LogP contribution in [0, 0.1) is 5.92 Å². The molecule has 0 aromatic heterocycles. The average Bonchev–Trinajstić information content (AvgIpc) is 2.37. The second kappa shape index (κ2) is 6.66. The highest BCUT2D eigenvalue weighted by Crippen LogP contribution is 2.24. The summed E-state index contributed by atoms with van der Waals surface area (Å²) in [6, 6.07) is 3.29. The fourth-order valence-electron chi connectivity index (χ4n) is 1.42. The van der Waals surface area contributed by atoms with Crippen LogP contribution in [0.2, 0.25) is 0 Å². The molecule has 0 saturated heterocycles. The van der Waals surface area contributed by atoms with Gasteiger partial charge in [0.1, 0.15) is 0 Å². The van der Waals surface area contributed by atoms with Gasteiger partial charge in [0.05, 0.1) is 10.5 Å². The predicted molar refractivity (Wildman–Crippen MR) is 77.1 cm³/mol. The van der Waals surface area contributed by atoms with Crippen molar-refractivity contribution in [2.45, 2.75) is 24.8 Å². The van der Waals surface area contributed by atoms with Gasteiger partial charge in [-0.1, -0.05) is 6.92 Å². The molecule has 1 aromatic rings. The number of nitrogens with one attached hydrogen (secondary N) is 1. The van der Waals surface area contributed by atoms with Crippen molar-refractivity contribution < 1.29 is 23.4 Å². The van der Waals surface area contributed by atoms with Crippen molar-refractivity contribution in [3.63, 3.8) is 0 Å². The number of carbonyl (C=O) groups is 1. The maximum atomic E-state index is 12.2. The third-order valence-electron chi connectivity index (χ3n) is 2.95. The Morgan fingerprint density at radius 2 is 2.00 bits per heavy atom. The SMILES string of the molecule is CC(CO)C(C)NS(=O)(=O)c1cc(C(=O)O)ccc1Br. The molecule has 0 bridgehead atoms. The van der Waals surface area contributed by atoms with Crippen LogP contribution in [0.5, 0.6) is 0 Å². The number of benzene rings is 1.